The third-order valence-corrected chi connectivity index (χ3v) is 4.75. The van der Waals surface area contributed by atoms with Crippen LogP contribution in [-0.4, -0.2) is 22.9 Å². The Morgan fingerprint density at radius 3 is 2.81 bits per heavy atom. The second kappa shape index (κ2) is 6.12. The van der Waals surface area contributed by atoms with Crippen LogP contribution in [-0.2, 0) is 0 Å². The third kappa shape index (κ3) is 2.91. The molecule has 0 radical (unpaired) electrons. The van der Waals surface area contributed by atoms with Gasteiger partial charge in [0.2, 0.25) is 6.79 Å². The fourth-order valence-corrected chi connectivity index (χ4v) is 3.22. The highest BCUT2D eigenvalue weighted by Crippen LogP contribution is 2.45. The number of ether oxygens (including phenoxy) is 2. The van der Waals surface area contributed by atoms with E-state index in [1.165, 1.54) is 12.1 Å². The first-order valence-electron chi connectivity index (χ1n) is 8.74. The van der Waals surface area contributed by atoms with Gasteiger partial charge in [0.05, 0.1) is 11.4 Å². The molecule has 1 fully saturated rings. The molecule has 5 rings (SSSR count). The lowest BCUT2D eigenvalue weighted by Gasteiger charge is -2.09. The number of hydrogen-bond donors (Lipinski definition) is 2. The van der Waals surface area contributed by atoms with Crippen molar-refractivity contribution >= 4 is 11.6 Å². The largest absolute Gasteiger partial charge is 0.454 e. The van der Waals surface area contributed by atoms with Crippen molar-refractivity contribution in [3.8, 4) is 22.8 Å². The maximum atomic E-state index is 13.7. The first-order chi connectivity index (χ1) is 13.2. The van der Waals surface area contributed by atoms with Crippen molar-refractivity contribution in [3.05, 3.63) is 59.5 Å². The normalized spacial score (nSPS) is 15.0. The van der Waals surface area contributed by atoms with E-state index in [4.69, 9.17) is 9.47 Å². The summed E-state index contributed by atoms with van der Waals surface area (Å²) < 4.78 is 24.3. The Kier molecular flexibility index (Phi) is 3.60. The number of aromatic nitrogens is 2. The van der Waals surface area contributed by atoms with Crippen molar-refractivity contribution in [2.75, 3.05) is 12.1 Å². The second-order valence-electron chi connectivity index (χ2n) is 6.67. The van der Waals surface area contributed by atoms with Crippen LogP contribution >= 0.6 is 0 Å². The number of halogens is 1. The number of nitrogens with one attached hydrogen (secondary N) is 2. The van der Waals surface area contributed by atoms with Gasteiger partial charge in [-0.3, -0.25) is 9.89 Å². The first kappa shape index (κ1) is 15.9. The minimum atomic E-state index is -0.350. The molecule has 2 heterocycles. The molecule has 0 spiro atoms. The van der Waals surface area contributed by atoms with E-state index in [-0.39, 0.29) is 18.5 Å². The van der Waals surface area contributed by atoms with E-state index in [1.54, 1.807) is 30.3 Å². The molecule has 2 aromatic carbocycles. The number of nitrogens with zero attached hydrogens (tertiary/aromatic N) is 1. The fourth-order valence-electron chi connectivity index (χ4n) is 3.22. The maximum absolute atomic E-state index is 13.7. The number of fused-ring (bicyclic) bond motifs is 1. The zero-order chi connectivity index (χ0) is 18.4. The number of amides is 1. The number of anilines is 1. The average molecular weight is 365 g/mol. The monoisotopic (exact) mass is 365 g/mol. The smallest absolute Gasteiger partial charge is 0.255 e. The van der Waals surface area contributed by atoms with Gasteiger partial charge in [0.15, 0.2) is 11.5 Å². The fraction of sp³-hybridized carbons (Fsp3) is 0.200. The van der Waals surface area contributed by atoms with E-state index in [0.29, 0.717) is 39.9 Å². The number of carbonyl (C=O) groups is 1. The van der Waals surface area contributed by atoms with E-state index in [1.807, 2.05) is 0 Å². The second-order valence-corrected chi connectivity index (χ2v) is 6.67. The predicted octanol–water partition coefficient (Wildman–Crippen LogP) is 4.07. The number of rotatable bonds is 4. The number of benzene rings is 2. The topological polar surface area (TPSA) is 76.2 Å². The number of hydrogen-bond acceptors (Lipinski definition) is 4. The highest BCUT2D eigenvalue weighted by Gasteiger charge is 2.31. The predicted molar refractivity (Wildman–Crippen MR) is 96.5 cm³/mol. The lowest BCUT2D eigenvalue weighted by Crippen LogP contribution is -2.13. The summed E-state index contributed by atoms with van der Waals surface area (Å²) >= 11 is 0. The Bertz CT molecular complexity index is 1040. The van der Waals surface area contributed by atoms with Crippen LogP contribution in [0.3, 0.4) is 0 Å². The van der Waals surface area contributed by atoms with E-state index in [2.05, 4.69) is 15.5 Å². The molecule has 3 aromatic rings. The summed E-state index contributed by atoms with van der Waals surface area (Å²) in [5, 5.41) is 10.3. The third-order valence-electron chi connectivity index (χ3n) is 4.75. The molecule has 6 nitrogen and oxygen atoms in total. The molecule has 2 aliphatic rings. The highest BCUT2D eigenvalue weighted by molar-refractivity contribution is 6.06. The maximum Gasteiger partial charge on any atom is 0.255 e. The molecule has 0 unspecified atom stereocenters. The molecule has 0 saturated heterocycles. The first-order valence-corrected chi connectivity index (χ1v) is 8.74. The molecular formula is C20H16FN3O3. The summed E-state index contributed by atoms with van der Waals surface area (Å²) in [6, 6.07) is 11.2. The van der Waals surface area contributed by atoms with Crippen LogP contribution in [0.15, 0.2) is 42.5 Å². The Hall–Kier alpha value is -3.35. The van der Waals surface area contributed by atoms with Gasteiger partial charge in [-0.1, -0.05) is 12.1 Å². The van der Waals surface area contributed by atoms with E-state index < -0.39 is 0 Å². The van der Waals surface area contributed by atoms with Crippen molar-refractivity contribution < 1.29 is 18.7 Å². The molecule has 1 aliphatic heterocycles. The molecule has 1 saturated carbocycles. The van der Waals surface area contributed by atoms with Gasteiger partial charge in [0.1, 0.15) is 11.5 Å². The van der Waals surface area contributed by atoms with Crippen LogP contribution in [0.1, 0.15) is 34.8 Å². The Labute approximate surface area is 154 Å². The molecule has 7 heteroatoms. The minimum Gasteiger partial charge on any atom is -0.454 e. The Morgan fingerprint density at radius 1 is 1.15 bits per heavy atom. The molecule has 136 valence electrons. The number of H-pyrrole nitrogens is 1. The standard InChI is InChI=1S/C20H16FN3O3/c21-14-3-1-2-12(8-14)18-19(17(23-24-18)11-4-5-11)22-20(25)13-6-7-15-16(9-13)27-10-26-15/h1-3,6-9,11H,4-5,10H2,(H,22,25)(H,23,24). The van der Waals surface area contributed by atoms with Crippen molar-refractivity contribution in [1.82, 2.24) is 10.2 Å². The zero-order valence-corrected chi connectivity index (χ0v) is 14.3. The summed E-state index contributed by atoms with van der Waals surface area (Å²) in [7, 11) is 0. The van der Waals surface area contributed by atoms with E-state index in [0.717, 1.165) is 18.5 Å². The molecule has 0 atom stereocenters. The average Bonchev–Trinajstić information content (AvgIpc) is 3.25. The summed E-state index contributed by atoms with van der Waals surface area (Å²) in [6.07, 6.45) is 2.08. The van der Waals surface area contributed by atoms with Crippen LogP contribution in [0.25, 0.3) is 11.3 Å². The summed E-state index contributed by atoms with van der Waals surface area (Å²) in [5.41, 5.74) is 3.08. The van der Waals surface area contributed by atoms with Gasteiger partial charge in [0, 0.05) is 17.0 Å². The zero-order valence-electron chi connectivity index (χ0n) is 14.3. The number of carbonyl (C=O) groups excluding carboxylic acids is 1. The van der Waals surface area contributed by atoms with Gasteiger partial charge in [-0.2, -0.15) is 5.10 Å². The van der Waals surface area contributed by atoms with Gasteiger partial charge in [0.25, 0.3) is 5.91 Å². The van der Waals surface area contributed by atoms with Crippen LogP contribution in [0.2, 0.25) is 0 Å². The molecular weight excluding hydrogens is 349 g/mol. The Morgan fingerprint density at radius 2 is 2.00 bits per heavy atom. The molecule has 27 heavy (non-hydrogen) atoms. The van der Waals surface area contributed by atoms with Crippen molar-refractivity contribution in [2.45, 2.75) is 18.8 Å². The summed E-state index contributed by atoms with van der Waals surface area (Å²) in [5.74, 6) is 0.870. The van der Waals surface area contributed by atoms with Gasteiger partial charge >= 0.3 is 0 Å². The van der Waals surface area contributed by atoms with Crippen molar-refractivity contribution in [1.29, 1.82) is 0 Å². The summed E-state index contributed by atoms with van der Waals surface area (Å²) in [4.78, 5) is 12.8. The number of aromatic amines is 1. The molecule has 2 N–H and O–H groups in total. The van der Waals surface area contributed by atoms with Gasteiger partial charge in [-0.15, -0.1) is 0 Å². The van der Waals surface area contributed by atoms with E-state index in [9.17, 15) is 9.18 Å². The Balaban J connectivity index is 1.50. The SMILES string of the molecule is O=C(Nc1c(-c2cccc(F)c2)n[nH]c1C1CC1)c1ccc2c(c1)OCO2. The summed E-state index contributed by atoms with van der Waals surface area (Å²) in [6.45, 7) is 0.150. The van der Waals surface area contributed by atoms with Gasteiger partial charge in [-0.25, -0.2) is 4.39 Å². The van der Waals surface area contributed by atoms with Crippen LogP contribution in [0.4, 0.5) is 10.1 Å². The lowest BCUT2D eigenvalue weighted by molar-refractivity contribution is 0.102. The van der Waals surface area contributed by atoms with Crippen LogP contribution < -0.4 is 14.8 Å². The van der Waals surface area contributed by atoms with Crippen LogP contribution in [0.5, 0.6) is 11.5 Å². The van der Waals surface area contributed by atoms with Gasteiger partial charge in [-0.05, 0) is 43.2 Å². The molecule has 0 bridgehead atoms. The minimum absolute atomic E-state index is 0.150. The van der Waals surface area contributed by atoms with Crippen molar-refractivity contribution in [3.63, 3.8) is 0 Å². The quantitative estimate of drug-likeness (QED) is 0.731. The van der Waals surface area contributed by atoms with Gasteiger partial charge < -0.3 is 14.8 Å². The van der Waals surface area contributed by atoms with E-state index >= 15 is 0 Å². The highest BCUT2D eigenvalue weighted by atomic mass is 19.1. The van der Waals surface area contributed by atoms with Crippen molar-refractivity contribution in [2.24, 2.45) is 0 Å². The molecule has 1 amide bonds. The van der Waals surface area contributed by atoms with Crippen LogP contribution in [0, 0.1) is 5.82 Å². The lowest BCUT2D eigenvalue weighted by atomic mass is 10.1. The molecule has 1 aliphatic carbocycles. The molecule has 1 aromatic heterocycles.